The van der Waals surface area contributed by atoms with E-state index in [0.29, 0.717) is 11.4 Å². The number of nitrogens with zero attached hydrogens (tertiary/aromatic N) is 2. The van der Waals surface area contributed by atoms with E-state index in [4.69, 9.17) is 0 Å². The number of nitrogens with one attached hydrogen (secondary N) is 1. The maximum Gasteiger partial charge on any atom is 0.256 e. The summed E-state index contributed by atoms with van der Waals surface area (Å²) in [6.45, 7) is 3.60. The van der Waals surface area contributed by atoms with Gasteiger partial charge >= 0.3 is 0 Å². The van der Waals surface area contributed by atoms with Crippen LogP contribution in [0.15, 0.2) is 65.6 Å². The van der Waals surface area contributed by atoms with Crippen LogP contribution in [0.4, 0.5) is 5.82 Å². The predicted molar refractivity (Wildman–Crippen MR) is 106 cm³/mol. The Labute approximate surface area is 158 Å². The Morgan fingerprint density at radius 3 is 2.33 bits per heavy atom. The number of anilines is 1. The molecule has 0 atom stereocenters. The van der Waals surface area contributed by atoms with Gasteiger partial charge in [-0.25, -0.2) is 13.4 Å². The van der Waals surface area contributed by atoms with Gasteiger partial charge in [0.1, 0.15) is 5.82 Å². The third-order valence-electron chi connectivity index (χ3n) is 4.36. The highest BCUT2D eigenvalue weighted by molar-refractivity contribution is 7.89. The zero-order valence-electron chi connectivity index (χ0n) is 15.4. The fourth-order valence-corrected chi connectivity index (χ4v) is 3.91. The average molecular weight is 383 g/mol. The highest BCUT2D eigenvalue weighted by Gasteiger charge is 2.23. The number of carbonyl (C=O) groups excluding carboxylic acids is 1. The molecule has 0 radical (unpaired) electrons. The first kappa shape index (κ1) is 19.0. The van der Waals surface area contributed by atoms with Crippen molar-refractivity contribution >= 4 is 32.7 Å². The minimum atomic E-state index is -3.57. The smallest absolute Gasteiger partial charge is 0.256 e. The van der Waals surface area contributed by atoms with Gasteiger partial charge in [-0.05, 0) is 56.3 Å². The van der Waals surface area contributed by atoms with Crippen molar-refractivity contribution < 1.29 is 13.2 Å². The number of benzene rings is 2. The lowest BCUT2D eigenvalue weighted by molar-refractivity contribution is 0.102. The van der Waals surface area contributed by atoms with E-state index >= 15 is 0 Å². The van der Waals surface area contributed by atoms with Crippen molar-refractivity contribution in [3.05, 3.63) is 66.2 Å². The van der Waals surface area contributed by atoms with E-state index in [1.807, 2.05) is 30.3 Å². The lowest BCUT2D eigenvalue weighted by atomic mass is 10.2. The highest BCUT2D eigenvalue weighted by atomic mass is 32.2. The second kappa shape index (κ2) is 7.46. The van der Waals surface area contributed by atoms with E-state index in [1.165, 1.54) is 35.6 Å². The third kappa shape index (κ3) is 3.99. The number of hydrogen-bond acceptors (Lipinski definition) is 4. The van der Waals surface area contributed by atoms with Crippen molar-refractivity contribution in [2.75, 3.05) is 12.4 Å². The topological polar surface area (TPSA) is 79.4 Å². The molecule has 1 amide bonds. The first-order valence-corrected chi connectivity index (χ1v) is 9.98. The van der Waals surface area contributed by atoms with Crippen molar-refractivity contribution in [2.24, 2.45) is 0 Å². The van der Waals surface area contributed by atoms with Crippen LogP contribution in [0, 0.1) is 0 Å². The Balaban J connectivity index is 1.79. The molecule has 1 N–H and O–H groups in total. The number of pyridine rings is 1. The molecular formula is C20H21N3O3S. The monoisotopic (exact) mass is 383 g/mol. The molecule has 0 aliphatic carbocycles. The molecule has 27 heavy (non-hydrogen) atoms. The first-order valence-electron chi connectivity index (χ1n) is 8.54. The molecule has 0 aliphatic heterocycles. The molecule has 0 aliphatic rings. The van der Waals surface area contributed by atoms with E-state index in [2.05, 4.69) is 10.3 Å². The molecule has 0 unspecified atom stereocenters. The summed E-state index contributed by atoms with van der Waals surface area (Å²) in [6.07, 6.45) is 0. The number of rotatable bonds is 5. The van der Waals surface area contributed by atoms with Crippen LogP contribution < -0.4 is 5.32 Å². The van der Waals surface area contributed by atoms with Gasteiger partial charge in [0.2, 0.25) is 10.0 Å². The molecule has 0 saturated heterocycles. The Bertz CT molecular complexity index is 1080. The fraction of sp³-hybridized carbons (Fsp3) is 0.200. The van der Waals surface area contributed by atoms with Crippen molar-refractivity contribution in [3.63, 3.8) is 0 Å². The zero-order valence-corrected chi connectivity index (χ0v) is 16.2. The van der Waals surface area contributed by atoms with Crippen molar-refractivity contribution in [2.45, 2.75) is 24.8 Å². The third-order valence-corrected chi connectivity index (χ3v) is 6.41. The molecular weight excluding hydrogens is 362 g/mol. The molecule has 3 rings (SSSR count). The van der Waals surface area contributed by atoms with Crippen LogP contribution in [-0.2, 0) is 10.0 Å². The number of para-hydroxylation sites is 1. The summed E-state index contributed by atoms with van der Waals surface area (Å²) in [5.74, 6) is 0.0916. The Kier molecular flexibility index (Phi) is 5.25. The minimum absolute atomic E-state index is 0.152. The summed E-state index contributed by atoms with van der Waals surface area (Å²) in [5.41, 5.74) is 1.14. The van der Waals surface area contributed by atoms with Crippen LogP contribution in [0.2, 0.25) is 0 Å². The van der Waals surface area contributed by atoms with Gasteiger partial charge in [0.25, 0.3) is 5.91 Å². The SMILES string of the molecule is CC(C)N(C)S(=O)(=O)c1ccc(C(=O)Nc2ccc3ccccc3n2)cc1. The maximum absolute atomic E-state index is 12.5. The van der Waals surface area contributed by atoms with Gasteiger partial charge in [-0.2, -0.15) is 4.31 Å². The molecule has 3 aromatic rings. The first-order chi connectivity index (χ1) is 12.8. The summed E-state index contributed by atoms with van der Waals surface area (Å²) in [5, 5.41) is 3.73. The summed E-state index contributed by atoms with van der Waals surface area (Å²) < 4.78 is 26.3. The lowest BCUT2D eigenvalue weighted by Crippen LogP contribution is -2.33. The van der Waals surface area contributed by atoms with E-state index in [0.717, 1.165) is 10.9 Å². The second-order valence-corrected chi connectivity index (χ2v) is 8.48. The molecule has 7 heteroatoms. The molecule has 6 nitrogen and oxygen atoms in total. The van der Waals surface area contributed by atoms with Crippen LogP contribution in [-0.4, -0.2) is 36.7 Å². The number of hydrogen-bond donors (Lipinski definition) is 1. The van der Waals surface area contributed by atoms with E-state index in [9.17, 15) is 13.2 Å². The fourth-order valence-electron chi connectivity index (χ4n) is 2.55. The standard InChI is InChI=1S/C20H21N3O3S/c1-14(2)23(3)27(25,26)17-11-8-16(9-12-17)20(24)22-19-13-10-15-6-4-5-7-18(15)21-19/h4-14H,1-3H3,(H,21,22,24). The Morgan fingerprint density at radius 1 is 1.00 bits per heavy atom. The van der Waals surface area contributed by atoms with E-state index in [-0.39, 0.29) is 16.8 Å². The molecule has 0 spiro atoms. The Hall–Kier alpha value is -2.77. The van der Waals surface area contributed by atoms with Crippen LogP contribution in [0.25, 0.3) is 10.9 Å². The molecule has 140 valence electrons. The number of aromatic nitrogens is 1. The molecule has 0 fully saturated rings. The Morgan fingerprint density at radius 2 is 1.67 bits per heavy atom. The minimum Gasteiger partial charge on any atom is -0.307 e. The number of sulfonamides is 1. The van der Waals surface area contributed by atoms with Gasteiger partial charge in [-0.3, -0.25) is 4.79 Å². The average Bonchev–Trinajstić information content (AvgIpc) is 2.67. The number of fused-ring (bicyclic) bond motifs is 1. The normalized spacial score (nSPS) is 11.9. The van der Waals surface area contributed by atoms with Crippen LogP contribution in [0.3, 0.4) is 0 Å². The molecule has 1 aromatic heterocycles. The number of amides is 1. The lowest BCUT2D eigenvalue weighted by Gasteiger charge is -2.21. The largest absolute Gasteiger partial charge is 0.307 e. The van der Waals surface area contributed by atoms with Crippen molar-refractivity contribution in [3.8, 4) is 0 Å². The van der Waals surface area contributed by atoms with Gasteiger partial charge in [-0.1, -0.05) is 18.2 Å². The summed E-state index contributed by atoms with van der Waals surface area (Å²) in [4.78, 5) is 17.0. The molecule has 2 aromatic carbocycles. The van der Waals surface area contributed by atoms with Crippen LogP contribution >= 0.6 is 0 Å². The molecule has 1 heterocycles. The maximum atomic E-state index is 12.5. The number of carbonyl (C=O) groups is 1. The van der Waals surface area contributed by atoms with Crippen molar-refractivity contribution in [1.29, 1.82) is 0 Å². The van der Waals surface area contributed by atoms with E-state index in [1.54, 1.807) is 19.9 Å². The summed E-state index contributed by atoms with van der Waals surface area (Å²) in [6, 6.07) is 17.0. The predicted octanol–water partition coefficient (Wildman–Crippen LogP) is 3.52. The van der Waals surface area contributed by atoms with E-state index < -0.39 is 10.0 Å². The van der Waals surface area contributed by atoms with Gasteiger partial charge < -0.3 is 5.32 Å². The van der Waals surface area contributed by atoms with Gasteiger partial charge in [-0.15, -0.1) is 0 Å². The van der Waals surface area contributed by atoms with Gasteiger partial charge in [0, 0.05) is 24.0 Å². The zero-order chi connectivity index (χ0) is 19.6. The quantitative estimate of drug-likeness (QED) is 0.731. The highest BCUT2D eigenvalue weighted by Crippen LogP contribution is 2.19. The summed E-state index contributed by atoms with van der Waals surface area (Å²) >= 11 is 0. The van der Waals surface area contributed by atoms with Gasteiger partial charge in [0.05, 0.1) is 10.4 Å². The van der Waals surface area contributed by atoms with Crippen LogP contribution in [0.5, 0.6) is 0 Å². The molecule has 0 bridgehead atoms. The second-order valence-electron chi connectivity index (χ2n) is 6.48. The van der Waals surface area contributed by atoms with Crippen LogP contribution in [0.1, 0.15) is 24.2 Å². The van der Waals surface area contributed by atoms with Gasteiger partial charge in [0.15, 0.2) is 0 Å². The summed E-state index contributed by atoms with van der Waals surface area (Å²) in [7, 11) is -2.04. The molecule has 0 saturated carbocycles. The van der Waals surface area contributed by atoms with Crippen molar-refractivity contribution in [1.82, 2.24) is 9.29 Å².